The summed E-state index contributed by atoms with van der Waals surface area (Å²) in [6, 6.07) is 0. The predicted octanol–water partition coefficient (Wildman–Crippen LogP) is 3.28. The molecular weight excluding hydrogens is 289 g/mol. The number of allylic oxidation sites excluding steroid dienone is 3. The minimum atomic E-state index is -4.97. The molecule has 0 aliphatic carbocycles. The monoisotopic (exact) mass is 295 g/mol. The zero-order valence-corrected chi connectivity index (χ0v) is 10.2. The molecule has 0 radical (unpaired) electrons. The number of nitrogens with two attached hydrogens (primary N) is 1. The van der Waals surface area contributed by atoms with E-state index in [1.54, 1.807) is 0 Å². The van der Waals surface area contributed by atoms with Crippen LogP contribution in [-0.4, -0.2) is 15.8 Å². The molecule has 0 aliphatic heterocycles. The minimum absolute atomic E-state index is 0.0984. The molecule has 92 valence electrons. The topological polar surface area (TPSA) is 43.1 Å². The Morgan fingerprint density at radius 1 is 1.19 bits per heavy atom. The van der Waals surface area contributed by atoms with Gasteiger partial charge in [-0.2, -0.15) is 13.2 Å². The van der Waals surface area contributed by atoms with E-state index in [0.29, 0.717) is 0 Å². The highest BCUT2D eigenvalue weighted by Crippen LogP contribution is 2.34. The normalized spacial score (nSPS) is 15.2. The second-order valence-corrected chi connectivity index (χ2v) is 5.11. The molecular formula is C8H7Cl3F3NO. The standard InChI is InChI=1S/C8H7Cl3F3NO/c1-4(7(9,10)11)2-5(15)3-6(16)8(12,13)14/h2-3H,15H2,1H3. The molecule has 0 heterocycles. The van der Waals surface area contributed by atoms with E-state index in [0.717, 1.165) is 6.08 Å². The third-order valence-corrected chi connectivity index (χ3v) is 2.30. The lowest BCUT2D eigenvalue weighted by molar-refractivity contribution is -0.165. The van der Waals surface area contributed by atoms with Crippen molar-refractivity contribution in [3.05, 3.63) is 23.4 Å². The fraction of sp³-hybridized carbons (Fsp3) is 0.375. The van der Waals surface area contributed by atoms with Crippen LogP contribution in [0, 0.1) is 0 Å². The number of carbonyl (C=O) groups excluding carboxylic acids is 1. The number of halogens is 6. The van der Waals surface area contributed by atoms with Gasteiger partial charge in [0.1, 0.15) is 0 Å². The molecule has 0 spiro atoms. The summed E-state index contributed by atoms with van der Waals surface area (Å²) in [5.74, 6) is -2.07. The second kappa shape index (κ2) is 5.29. The van der Waals surface area contributed by atoms with E-state index in [1.807, 2.05) is 0 Å². The van der Waals surface area contributed by atoms with Crippen LogP contribution in [0.15, 0.2) is 23.4 Å². The molecule has 0 saturated carbocycles. The highest BCUT2D eigenvalue weighted by atomic mass is 35.6. The van der Waals surface area contributed by atoms with Crippen molar-refractivity contribution in [1.29, 1.82) is 0 Å². The number of rotatable bonds is 2. The van der Waals surface area contributed by atoms with Gasteiger partial charge in [0.2, 0.25) is 3.79 Å². The zero-order chi connectivity index (χ0) is 13.1. The van der Waals surface area contributed by atoms with E-state index in [-0.39, 0.29) is 11.6 Å². The van der Waals surface area contributed by atoms with E-state index in [1.165, 1.54) is 6.92 Å². The highest BCUT2D eigenvalue weighted by Gasteiger charge is 2.36. The fourth-order valence-corrected chi connectivity index (χ4v) is 0.770. The maximum Gasteiger partial charge on any atom is 0.454 e. The van der Waals surface area contributed by atoms with Gasteiger partial charge in [-0.1, -0.05) is 34.8 Å². The molecule has 0 aromatic rings. The summed E-state index contributed by atoms with van der Waals surface area (Å²) in [6.45, 7) is 1.35. The quantitative estimate of drug-likeness (QED) is 0.483. The van der Waals surface area contributed by atoms with Crippen LogP contribution < -0.4 is 5.73 Å². The smallest absolute Gasteiger partial charge is 0.399 e. The Balaban J connectivity index is 4.91. The third-order valence-electron chi connectivity index (χ3n) is 1.41. The van der Waals surface area contributed by atoms with E-state index in [9.17, 15) is 18.0 Å². The Morgan fingerprint density at radius 3 is 1.94 bits per heavy atom. The molecule has 0 amide bonds. The van der Waals surface area contributed by atoms with Crippen LogP contribution in [0.5, 0.6) is 0 Å². The molecule has 0 aromatic carbocycles. The summed E-state index contributed by atoms with van der Waals surface area (Å²) in [7, 11) is 0. The predicted molar refractivity (Wildman–Crippen MR) is 57.4 cm³/mol. The van der Waals surface area contributed by atoms with Crippen molar-refractivity contribution >= 4 is 40.6 Å². The Kier molecular flexibility index (Phi) is 5.16. The Bertz CT molecular complexity index is 341. The molecule has 2 nitrogen and oxygen atoms in total. The number of hydrogen-bond donors (Lipinski definition) is 1. The van der Waals surface area contributed by atoms with Gasteiger partial charge >= 0.3 is 6.18 Å². The first-order valence-corrected chi connectivity index (χ1v) is 4.92. The number of hydrogen-bond acceptors (Lipinski definition) is 2. The van der Waals surface area contributed by atoms with Crippen LogP contribution >= 0.6 is 34.8 Å². The molecule has 0 aromatic heterocycles. The van der Waals surface area contributed by atoms with Gasteiger partial charge in [-0.25, -0.2) is 0 Å². The van der Waals surface area contributed by atoms with E-state index in [2.05, 4.69) is 0 Å². The highest BCUT2D eigenvalue weighted by molar-refractivity contribution is 6.69. The molecule has 0 saturated heterocycles. The second-order valence-electron chi connectivity index (χ2n) is 2.83. The summed E-state index contributed by atoms with van der Waals surface area (Å²) in [5.41, 5.74) is 4.82. The van der Waals surface area contributed by atoms with Gasteiger partial charge in [0.05, 0.1) is 0 Å². The molecule has 0 fully saturated rings. The van der Waals surface area contributed by atoms with Crippen molar-refractivity contribution in [3.63, 3.8) is 0 Å². The van der Waals surface area contributed by atoms with Gasteiger partial charge in [0.25, 0.3) is 5.78 Å². The summed E-state index contributed by atoms with van der Waals surface area (Å²) in [6.07, 6.45) is -3.76. The number of ketones is 1. The summed E-state index contributed by atoms with van der Waals surface area (Å²) in [4.78, 5) is 10.5. The molecule has 16 heavy (non-hydrogen) atoms. The van der Waals surface area contributed by atoms with Crippen LogP contribution in [0.4, 0.5) is 13.2 Å². The lowest BCUT2D eigenvalue weighted by Gasteiger charge is -2.11. The Labute approximate surface area is 105 Å². The van der Waals surface area contributed by atoms with Crippen LogP contribution in [0.2, 0.25) is 0 Å². The average Bonchev–Trinajstić information content (AvgIpc) is 1.99. The van der Waals surface area contributed by atoms with Gasteiger partial charge in [-0.15, -0.1) is 0 Å². The average molecular weight is 297 g/mol. The maximum absolute atomic E-state index is 11.8. The van der Waals surface area contributed by atoms with Gasteiger partial charge in [0, 0.05) is 11.8 Å². The van der Waals surface area contributed by atoms with Gasteiger partial charge < -0.3 is 5.73 Å². The Hall–Kier alpha value is -0.390. The molecule has 2 N–H and O–H groups in total. The summed E-state index contributed by atoms with van der Waals surface area (Å²) < 4.78 is 33.7. The van der Waals surface area contributed by atoms with Crippen molar-refractivity contribution in [2.75, 3.05) is 0 Å². The summed E-state index contributed by atoms with van der Waals surface area (Å²) >= 11 is 16.3. The van der Waals surface area contributed by atoms with Crippen molar-refractivity contribution in [3.8, 4) is 0 Å². The van der Waals surface area contributed by atoms with Crippen molar-refractivity contribution in [2.24, 2.45) is 5.73 Å². The SMILES string of the molecule is CC(=CC(N)=CC(=O)C(F)(F)F)C(Cl)(Cl)Cl. The Morgan fingerprint density at radius 2 is 1.62 bits per heavy atom. The first kappa shape index (κ1) is 15.6. The lowest BCUT2D eigenvalue weighted by atomic mass is 10.2. The fourth-order valence-electron chi connectivity index (χ4n) is 0.607. The van der Waals surface area contributed by atoms with E-state index in [4.69, 9.17) is 40.5 Å². The molecule has 0 atom stereocenters. The van der Waals surface area contributed by atoms with Crippen LogP contribution in [-0.2, 0) is 4.79 Å². The van der Waals surface area contributed by atoms with Crippen molar-refractivity contribution in [2.45, 2.75) is 16.9 Å². The van der Waals surface area contributed by atoms with Crippen LogP contribution in [0.3, 0.4) is 0 Å². The van der Waals surface area contributed by atoms with Gasteiger partial charge in [-0.3, -0.25) is 4.79 Å². The first-order valence-electron chi connectivity index (χ1n) is 3.78. The molecule has 0 rings (SSSR count). The molecule has 8 heteroatoms. The van der Waals surface area contributed by atoms with Crippen molar-refractivity contribution in [1.82, 2.24) is 0 Å². The van der Waals surface area contributed by atoms with Crippen LogP contribution in [0.1, 0.15) is 6.92 Å². The zero-order valence-electron chi connectivity index (χ0n) is 7.91. The third kappa shape index (κ3) is 5.63. The molecule has 0 bridgehead atoms. The lowest BCUT2D eigenvalue weighted by Crippen LogP contribution is -2.21. The van der Waals surface area contributed by atoms with Gasteiger partial charge in [0.15, 0.2) is 0 Å². The number of alkyl halides is 6. The molecule has 0 aliphatic rings. The van der Waals surface area contributed by atoms with Crippen molar-refractivity contribution < 1.29 is 18.0 Å². The van der Waals surface area contributed by atoms with E-state index >= 15 is 0 Å². The summed E-state index contributed by atoms with van der Waals surface area (Å²) in [5, 5.41) is 0. The van der Waals surface area contributed by atoms with E-state index < -0.39 is 21.4 Å². The maximum atomic E-state index is 11.8. The largest absolute Gasteiger partial charge is 0.454 e. The van der Waals surface area contributed by atoms with Crippen LogP contribution in [0.25, 0.3) is 0 Å². The minimum Gasteiger partial charge on any atom is -0.399 e. The molecule has 0 unspecified atom stereocenters. The number of carbonyl (C=O) groups is 1. The first-order chi connectivity index (χ1) is 6.94. The van der Waals surface area contributed by atoms with Gasteiger partial charge in [-0.05, 0) is 18.6 Å².